The average molecular weight is 707 g/mol. The van der Waals surface area contributed by atoms with Crippen LogP contribution in [0.5, 0.6) is 0 Å². The standard InChI is InChI=1S/2C17H15N5O2S/c2*1-11-5-3-6-12(9-11)16-18-14(21-24-16)10-25-17-20-19-15(22(17)2)13-7-4-8-23-13/h2*3-9H,10H2,1-2H3. The van der Waals surface area contributed by atoms with E-state index in [0.29, 0.717) is 58.1 Å². The van der Waals surface area contributed by atoms with Gasteiger partial charge in [-0.3, -0.25) is 0 Å². The molecule has 0 fully saturated rings. The lowest BCUT2D eigenvalue weighted by Crippen LogP contribution is -1.94. The fourth-order valence-corrected chi connectivity index (χ4v) is 6.30. The Balaban J connectivity index is 0.000000157. The second-order valence-corrected chi connectivity index (χ2v) is 12.9. The minimum Gasteiger partial charge on any atom is -0.461 e. The first-order chi connectivity index (χ1) is 24.4. The van der Waals surface area contributed by atoms with Crippen LogP contribution in [0, 0.1) is 13.8 Å². The normalized spacial score (nSPS) is 11.1. The molecule has 0 saturated heterocycles. The van der Waals surface area contributed by atoms with Crippen molar-refractivity contribution in [1.82, 2.24) is 49.8 Å². The zero-order valence-electron chi connectivity index (χ0n) is 27.4. The van der Waals surface area contributed by atoms with Crippen LogP contribution in [0.15, 0.2) is 114 Å². The summed E-state index contributed by atoms with van der Waals surface area (Å²) >= 11 is 2.99. The van der Waals surface area contributed by atoms with Crippen LogP contribution in [0.3, 0.4) is 0 Å². The molecule has 0 saturated carbocycles. The molecule has 2 aromatic carbocycles. The Morgan fingerprint density at radius 2 is 1.04 bits per heavy atom. The van der Waals surface area contributed by atoms with Crippen LogP contribution in [0.25, 0.3) is 46.1 Å². The fourth-order valence-electron chi connectivity index (χ4n) is 4.80. The van der Waals surface area contributed by atoms with E-state index in [0.717, 1.165) is 32.6 Å². The van der Waals surface area contributed by atoms with E-state index in [2.05, 4.69) is 40.7 Å². The van der Waals surface area contributed by atoms with E-state index in [1.54, 1.807) is 12.5 Å². The highest BCUT2D eigenvalue weighted by atomic mass is 32.2. The number of rotatable bonds is 10. The van der Waals surface area contributed by atoms with Crippen molar-refractivity contribution in [1.29, 1.82) is 0 Å². The van der Waals surface area contributed by atoms with Crippen LogP contribution >= 0.6 is 23.5 Å². The van der Waals surface area contributed by atoms with Gasteiger partial charge in [-0.05, 0) is 62.4 Å². The summed E-state index contributed by atoms with van der Waals surface area (Å²) in [5.41, 5.74) is 4.14. The molecule has 0 bridgehead atoms. The van der Waals surface area contributed by atoms with Gasteiger partial charge in [0.05, 0.1) is 24.0 Å². The largest absolute Gasteiger partial charge is 0.461 e. The number of thioether (sulfide) groups is 2. The Kier molecular flexibility index (Phi) is 9.70. The second kappa shape index (κ2) is 14.8. The Labute approximate surface area is 294 Å². The van der Waals surface area contributed by atoms with Gasteiger partial charge in [-0.2, -0.15) is 9.97 Å². The summed E-state index contributed by atoms with van der Waals surface area (Å²) in [6.45, 7) is 4.06. The molecule has 252 valence electrons. The predicted octanol–water partition coefficient (Wildman–Crippen LogP) is 7.45. The van der Waals surface area contributed by atoms with E-state index < -0.39 is 0 Å². The molecule has 0 N–H and O–H groups in total. The van der Waals surface area contributed by atoms with Crippen molar-refractivity contribution >= 4 is 23.5 Å². The van der Waals surface area contributed by atoms with Crippen molar-refractivity contribution in [2.24, 2.45) is 14.1 Å². The molecule has 8 rings (SSSR count). The first-order valence-corrected chi connectivity index (χ1v) is 17.3. The Morgan fingerprint density at radius 1 is 0.580 bits per heavy atom. The van der Waals surface area contributed by atoms with E-state index in [4.69, 9.17) is 17.9 Å². The van der Waals surface area contributed by atoms with E-state index >= 15 is 0 Å². The molecule has 0 unspecified atom stereocenters. The quantitative estimate of drug-likeness (QED) is 0.129. The smallest absolute Gasteiger partial charge is 0.257 e. The Morgan fingerprint density at radius 3 is 1.44 bits per heavy atom. The third-order valence-corrected chi connectivity index (χ3v) is 9.31. The lowest BCUT2D eigenvalue weighted by atomic mass is 10.1. The Hall–Kier alpha value is -5.74. The maximum atomic E-state index is 5.37. The van der Waals surface area contributed by atoms with Crippen LogP contribution in [-0.2, 0) is 25.6 Å². The molecular weight excluding hydrogens is 677 g/mol. The number of nitrogens with zero attached hydrogens (tertiary/aromatic N) is 10. The highest BCUT2D eigenvalue weighted by molar-refractivity contribution is 7.98. The summed E-state index contributed by atoms with van der Waals surface area (Å²) in [4.78, 5) is 8.90. The molecule has 14 nitrogen and oxygen atoms in total. The van der Waals surface area contributed by atoms with Crippen molar-refractivity contribution in [3.05, 3.63) is 108 Å². The molecule has 6 aromatic heterocycles. The zero-order valence-corrected chi connectivity index (χ0v) is 29.1. The summed E-state index contributed by atoms with van der Waals surface area (Å²) in [6, 6.07) is 23.3. The van der Waals surface area contributed by atoms with Crippen molar-refractivity contribution in [3.8, 4) is 46.1 Å². The van der Waals surface area contributed by atoms with E-state index in [1.165, 1.54) is 23.5 Å². The van der Waals surface area contributed by atoms with E-state index in [9.17, 15) is 0 Å². The van der Waals surface area contributed by atoms with Crippen LogP contribution < -0.4 is 0 Å². The number of aryl methyl sites for hydroxylation is 2. The van der Waals surface area contributed by atoms with Crippen LogP contribution in [0.2, 0.25) is 0 Å². The van der Waals surface area contributed by atoms with Crippen LogP contribution in [-0.4, -0.2) is 49.8 Å². The molecule has 0 amide bonds. The maximum Gasteiger partial charge on any atom is 0.257 e. The van der Waals surface area contributed by atoms with Gasteiger partial charge in [0.1, 0.15) is 0 Å². The van der Waals surface area contributed by atoms with Crippen molar-refractivity contribution < 1.29 is 17.9 Å². The molecule has 0 atom stereocenters. The molecule has 6 heterocycles. The fraction of sp³-hybridized carbons (Fsp3) is 0.176. The van der Waals surface area contributed by atoms with Gasteiger partial charge in [-0.25, -0.2) is 0 Å². The third-order valence-electron chi connectivity index (χ3n) is 7.28. The summed E-state index contributed by atoms with van der Waals surface area (Å²) < 4.78 is 25.2. The van der Waals surface area contributed by atoms with Gasteiger partial charge in [0, 0.05) is 25.2 Å². The highest BCUT2D eigenvalue weighted by Crippen LogP contribution is 2.27. The number of hydrogen-bond donors (Lipinski definition) is 0. The van der Waals surface area contributed by atoms with Gasteiger partial charge in [0.2, 0.25) is 0 Å². The third kappa shape index (κ3) is 7.45. The van der Waals surface area contributed by atoms with Gasteiger partial charge in [0.15, 0.2) is 45.1 Å². The summed E-state index contributed by atoms with van der Waals surface area (Å²) in [5.74, 6) is 6.09. The summed E-state index contributed by atoms with van der Waals surface area (Å²) in [7, 11) is 3.79. The topological polar surface area (TPSA) is 166 Å². The van der Waals surface area contributed by atoms with E-state index in [1.807, 2.05) is 110 Å². The number of benzene rings is 2. The lowest BCUT2D eigenvalue weighted by Gasteiger charge is -2.00. The molecule has 8 aromatic rings. The van der Waals surface area contributed by atoms with Crippen molar-refractivity contribution in [3.63, 3.8) is 0 Å². The molecule has 0 radical (unpaired) electrons. The molecule has 0 aliphatic carbocycles. The van der Waals surface area contributed by atoms with Gasteiger partial charge < -0.3 is 27.0 Å². The minimum atomic E-state index is 0.522. The maximum absolute atomic E-state index is 5.37. The molecule has 16 heteroatoms. The predicted molar refractivity (Wildman–Crippen MR) is 185 cm³/mol. The first-order valence-electron chi connectivity index (χ1n) is 15.3. The van der Waals surface area contributed by atoms with Crippen LogP contribution in [0.1, 0.15) is 22.8 Å². The summed E-state index contributed by atoms with van der Waals surface area (Å²) in [5, 5.41) is 26.3. The van der Waals surface area contributed by atoms with Crippen molar-refractivity contribution in [2.45, 2.75) is 35.7 Å². The monoisotopic (exact) mass is 706 g/mol. The van der Waals surface area contributed by atoms with Gasteiger partial charge in [-0.1, -0.05) is 69.2 Å². The second-order valence-electron chi connectivity index (χ2n) is 11.0. The molecule has 0 spiro atoms. The van der Waals surface area contributed by atoms with Crippen LogP contribution in [0.4, 0.5) is 0 Å². The number of furan rings is 2. The van der Waals surface area contributed by atoms with Crippen molar-refractivity contribution in [2.75, 3.05) is 0 Å². The minimum absolute atomic E-state index is 0.522. The zero-order chi connectivity index (χ0) is 34.5. The average Bonchev–Trinajstić information content (AvgIpc) is 3.96. The summed E-state index contributed by atoms with van der Waals surface area (Å²) in [6.07, 6.45) is 3.23. The molecule has 0 aliphatic rings. The van der Waals surface area contributed by atoms with Gasteiger partial charge in [0.25, 0.3) is 11.8 Å². The molecule has 50 heavy (non-hydrogen) atoms. The SMILES string of the molecule is Cc1cccc(-c2nc(CSc3nnc(-c4ccco4)n3C)no2)c1.Cc1cccc(-c2nc(CSc3nnc(-c4ccco4)n3C)no2)c1. The number of hydrogen-bond acceptors (Lipinski definition) is 14. The molecular formula is C34H30N10O4S2. The first kappa shape index (κ1) is 32.8. The Bertz CT molecular complexity index is 2140. The number of aromatic nitrogens is 10. The molecule has 0 aliphatic heterocycles. The van der Waals surface area contributed by atoms with Gasteiger partial charge >= 0.3 is 0 Å². The van der Waals surface area contributed by atoms with E-state index in [-0.39, 0.29) is 0 Å². The lowest BCUT2D eigenvalue weighted by molar-refractivity contribution is 0.425. The highest BCUT2D eigenvalue weighted by Gasteiger charge is 2.17. The van der Waals surface area contributed by atoms with Gasteiger partial charge in [-0.15, -0.1) is 20.4 Å².